The number of hydrogen-bond donors (Lipinski definition) is 2. The molecule has 5 rings (SSSR count). The van der Waals surface area contributed by atoms with E-state index in [4.69, 9.17) is 16.2 Å². The topological polar surface area (TPSA) is 109 Å². The first kappa shape index (κ1) is 20.1. The van der Waals surface area contributed by atoms with Crippen LogP contribution >= 0.6 is 0 Å². The maximum Gasteiger partial charge on any atom is 0.225 e. The Balaban J connectivity index is 1.51. The molecule has 0 bridgehead atoms. The molecule has 0 radical (unpaired) electrons. The number of carbonyl (C=O) groups is 1. The zero-order chi connectivity index (χ0) is 22.1. The number of fused-ring (bicyclic) bond motifs is 1. The van der Waals surface area contributed by atoms with Crippen LogP contribution in [-0.2, 0) is 17.9 Å². The summed E-state index contributed by atoms with van der Waals surface area (Å²) in [5, 5.41) is 0.770. The summed E-state index contributed by atoms with van der Waals surface area (Å²) in [6.45, 7) is 0.970. The van der Waals surface area contributed by atoms with Gasteiger partial charge >= 0.3 is 0 Å². The van der Waals surface area contributed by atoms with Crippen molar-refractivity contribution < 1.29 is 9.53 Å². The van der Waals surface area contributed by atoms with Crippen molar-refractivity contribution in [3.8, 4) is 16.9 Å². The van der Waals surface area contributed by atoms with Crippen LogP contribution in [0.2, 0.25) is 0 Å². The van der Waals surface area contributed by atoms with E-state index >= 15 is 0 Å². The molecule has 1 amide bonds. The second-order valence-corrected chi connectivity index (χ2v) is 8.43. The highest BCUT2D eigenvalue weighted by atomic mass is 16.5. The van der Waals surface area contributed by atoms with Crippen LogP contribution in [0.5, 0.6) is 5.75 Å². The van der Waals surface area contributed by atoms with E-state index in [1.54, 1.807) is 0 Å². The summed E-state index contributed by atoms with van der Waals surface area (Å²) in [4.78, 5) is 20.8. The Bertz CT molecular complexity index is 1280. The van der Waals surface area contributed by atoms with Crippen molar-refractivity contribution in [3.63, 3.8) is 0 Å². The molecular weight excluding hydrogens is 402 g/mol. The molecule has 1 saturated carbocycles. The normalized spacial score (nSPS) is 14.8. The van der Waals surface area contributed by atoms with E-state index in [1.165, 1.54) is 6.33 Å². The highest BCUT2D eigenvalue weighted by Gasteiger charge is 2.43. The third-order valence-electron chi connectivity index (χ3n) is 6.38. The van der Waals surface area contributed by atoms with Gasteiger partial charge in [-0.1, -0.05) is 48.9 Å². The summed E-state index contributed by atoms with van der Waals surface area (Å²) in [7, 11) is 0. The maximum atomic E-state index is 12.2. The third kappa shape index (κ3) is 3.56. The molecule has 1 aliphatic carbocycles. The summed E-state index contributed by atoms with van der Waals surface area (Å²) in [6.07, 6.45) is 6.04. The molecule has 0 aliphatic heterocycles. The van der Waals surface area contributed by atoms with Crippen molar-refractivity contribution in [1.82, 2.24) is 14.5 Å². The number of anilines is 1. The van der Waals surface area contributed by atoms with Crippen molar-refractivity contribution in [2.75, 3.05) is 5.73 Å². The summed E-state index contributed by atoms with van der Waals surface area (Å²) >= 11 is 0. The van der Waals surface area contributed by atoms with E-state index in [0.29, 0.717) is 24.6 Å². The van der Waals surface area contributed by atoms with E-state index in [0.717, 1.165) is 47.1 Å². The molecule has 4 N–H and O–H groups in total. The molecule has 7 nitrogen and oxygen atoms in total. The molecule has 2 heterocycles. The van der Waals surface area contributed by atoms with Crippen LogP contribution in [0.3, 0.4) is 0 Å². The van der Waals surface area contributed by atoms with Crippen molar-refractivity contribution in [1.29, 1.82) is 0 Å². The lowest BCUT2D eigenvalue weighted by molar-refractivity contribution is -0.133. The van der Waals surface area contributed by atoms with Gasteiger partial charge in [0, 0.05) is 18.3 Å². The minimum atomic E-state index is -0.524. The Kier molecular flexibility index (Phi) is 5.01. The standard InChI is InChI=1S/C25H25N5O2/c26-22-21-20(18-8-4-9-19(12-18)32-14-17-6-2-1-3-7-17)13-30(23(21)29-16-28-22)15-25(24(27)31)10-5-11-25/h1-4,6-9,12-13,16H,5,10-11,14-15H2,(H2,27,31)(H2,26,28,29). The van der Waals surface area contributed by atoms with Crippen LogP contribution in [0.4, 0.5) is 5.82 Å². The third-order valence-corrected chi connectivity index (χ3v) is 6.38. The summed E-state index contributed by atoms with van der Waals surface area (Å²) in [5.41, 5.74) is 15.1. The van der Waals surface area contributed by atoms with Gasteiger partial charge in [-0.25, -0.2) is 9.97 Å². The van der Waals surface area contributed by atoms with Gasteiger partial charge in [0.1, 0.15) is 30.1 Å². The maximum absolute atomic E-state index is 12.2. The Hall–Kier alpha value is -3.87. The molecule has 0 saturated heterocycles. The number of amides is 1. The number of hydrogen-bond acceptors (Lipinski definition) is 5. The van der Waals surface area contributed by atoms with E-state index in [2.05, 4.69) is 9.97 Å². The fourth-order valence-electron chi connectivity index (χ4n) is 4.39. The number of nitrogen functional groups attached to an aromatic ring is 1. The van der Waals surface area contributed by atoms with E-state index in [-0.39, 0.29) is 5.91 Å². The summed E-state index contributed by atoms with van der Waals surface area (Å²) < 4.78 is 8.00. The van der Waals surface area contributed by atoms with Gasteiger partial charge < -0.3 is 20.8 Å². The Morgan fingerprint density at radius 3 is 2.62 bits per heavy atom. The minimum Gasteiger partial charge on any atom is -0.489 e. The van der Waals surface area contributed by atoms with Crippen molar-refractivity contribution in [2.24, 2.45) is 11.1 Å². The Labute approximate surface area is 186 Å². The Morgan fingerprint density at radius 2 is 1.91 bits per heavy atom. The molecule has 162 valence electrons. The number of rotatable bonds is 7. The second-order valence-electron chi connectivity index (χ2n) is 8.43. The van der Waals surface area contributed by atoms with Crippen LogP contribution < -0.4 is 16.2 Å². The zero-order valence-electron chi connectivity index (χ0n) is 17.7. The lowest BCUT2D eigenvalue weighted by Crippen LogP contribution is -2.45. The number of nitrogens with two attached hydrogens (primary N) is 2. The van der Waals surface area contributed by atoms with Crippen molar-refractivity contribution in [3.05, 3.63) is 72.7 Å². The quantitative estimate of drug-likeness (QED) is 0.465. The number of aromatic nitrogens is 3. The summed E-state index contributed by atoms with van der Waals surface area (Å²) in [5.74, 6) is 0.904. The monoisotopic (exact) mass is 427 g/mol. The van der Waals surface area contributed by atoms with Crippen LogP contribution in [0.1, 0.15) is 24.8 Å². The highest BCUT2D eigenvalue weighted by Crippen LogP contribution is 2.44. The fourth-order valence-corrected chi connectivity index (χ4v) is 4.39. The predicted molar refractivity (Wildman–Crippen MR) is 124 cm³/mol. The number of carbonyl (C=O) groups excluding carboxylic acids is 1. The molecule has 7 heteroatoms. The van der Waals surface area contributed by atoms with Gasteiger partial charge in [0.15, 0.2) is 0 Å². The summed E-state index contributed by atoms with van der Waals surface area (Å²) in [6, 6.07) is 17.9. The van der Waals surface area contributed by atoms with Crippen molar-refractivity contribution in [2.45, 2.75) is 32.4 Å². The molecule has 0 spiro atoms. The molecule has 0 unspecified atom stereocenters. The van der Waals surface area contributed by atoms with Gasteiger partial charge in [0.05, 0.1) is 10.8 Å². The lowest BCUT2D eigenvalue weighted by atomic mass is 9.68. The highest BCUT2D eigenvalue weighted by molar-refractivity contribution is 6.00. The molecule has 2 aromatic heterocycles. The van der Waals surface area contributed by atoms with Crippen molar-refractivity contribution >= 4 is 22.8 Å². The van der Waals surface area contributed by atoms with Crippen LogP contribution in [-0.4, -0.2) is 20.4 Å². The first-order chi connectivity index (χ1) is 15.6. The van der Waals surface area contributed by atoms with Gasteiger partial charge in [-0.15, -0.1) is 0 Å². The first-order valence-corrected chi connectivity index (χ1v) is 10.7. The van der Waals surface area contributed by atoms with E-state index in [1.807, 2.05) is 65.4 Å². The smallest absolute Gasteiger partial charge is 0.225 e. The molecule has 2 aromatic carbocycles. The fraction of sp³-hybridized carbons (Fsp3) is 0.240. The molecule has 32 heavy (non-hydrogen) atoms. The SMILES string of the molecule is NC(=O)C1(Cn2cc(-c3cccc(OCc4ccccc4)c3)c3c(N)ncnc32)CCC1. The van der Waals surface area contributed by atoms with Crippen LogP contribution in [0.15, 0.2) is 67.1 Å². The molecule has 4 aromatic rings. The van der Waals surface area contributed by atoms with Gasteiger partial charge in [-0.3, -0.25) is 4.79 Å². The van der Waals surface area contributed by atoms with Gasteiger partial charge in [0.2, 0.25) is 5.91 Å². The average molecular weight is 428 g/mol. The molecule has 0 atom stereocenters. The predicted octanol–water partition coefficient (Wildman–Crippen LogP) is 3.92. The number of primary amides is 1. The minimum absolute atomic E-state index is 0.259. The van der Waals surface area contributed by atoms with Gasteiger partial charge in [-0.2, -0.15) is 0 Å². The molecule has 1 fully saturated rings. The number of ether oxygens (including phenoxy) is 1. The lowest BCUT2D eigenvalue weighted by Gasteiger charge is -2.39. The molecular formula is C25H25N5O2. The number of benzene rings is 2. The average Bonchev–Trinajstić information content (AvgIpc) is 3.15. The first-order valence-electron chi connectivity index (χ1n) is 10.7. The second kappa shape index (κ2) is 8.00. The molecule has 1 aliphatic rings. The van der Waals surface area contributed by atoms with Crippen LogP contribution in [0, 0.1) is 5.41 Å². The van der Waals surface area contributed by atoms with Gasteiger partial charge in [0.25, 0.3) is 0 Å². The zero-order valence-corrected chi connectivity index (χ0v) is 17.7. The van der Waals surface area contributed by atoms with E-state index < -0.39 is 5.41 Å². The number of nitrogens with zero attached hydrogens (tertiary/aromatic N) is 3. The Morgan fingerprint density at radius 1 is 1.09 bits per heavy atom. The van der Waals surface area contributed by atoms with E-state index in [9.17, 15) is 4.79 Å². The van der Waals surface area contributed by atoms with Crippen LogP contribution in [0.25, 0.3) is 22.2 Å². The van der Waals surface area contributed by atoms with Gasteiger partial charge in [-0.05, 0) is 36.1 Å². The largest absolute Gasteiger partial charge is 0.489 e.